The fraction of sp³-hybridized carbons (Fsp3) is 0.214. The van der Waals surface area contributed by atoms with Gasteiger partial charge in [0.2, 0.25) is 11.0 Å². The van der Waals surface area contributed by atoms with E-state index in [1.165, 1.54) is 35.2 Å². The Morgan fingerprint density at radius 3 is 2.86 bits per heavy atom. The number of thioether (sulfide) groups is 1. The SMILES string of the molecule is C=CCNc1nnc(SCC(=O)NCc2ccc(F)cc2)s1. The minimum atomic E-state index is -0.289. The van der Waals surface area contributed by atoms with Crippen LogP contribution in [0.5, 0.6) is 0 Å². The van der Waals surface area contributed by atoms with Gasteiger partial charge in [-0.3, -0.25) is 4.79 Å². The molecule has 1 aromatic heterocycles. The standard InChI is InChI=1S/C14H15FN4OS2/c1-2-7-16-13-18-19-14(22-13)21-9-12(20)17-8-10-3-5-11(15)6-4-10/h2-6H,1,7-9H2,(H,16,18)(H,17,20). The van der Waals surface area contributed by atoms with Crippen molar-refractivity contribution in [2.45, 2.75) is 10.9 Å². The Bertz CT molecular complexity index is 630. The van der Waals surface area contributed by atoms with Gasteiger partial charge in [0.15, 0.2) is 4.34 Å². The number of benzene rings is 1. The summed E-state index contributed by atoms with van der Waals surface area (Å²) in [4.78, 5) is 11.8. The highest BCUT2D eigenvalue weighted by atomic mass is 32.2. The highest BCUT2D eigenvalue weighted by molar-refractivity contribution is 8.01. The largest absolute Gasteiger partial charge is 0.357 e. The molecule has 0 aliphatic heterocycles. The summed E-state index contributed by atoms with van der Waals surface area (Å²) < 4.78 is 13.5. The molecule has 2 aromatic rings. The second-order valence-corrected chi connectivity index (χ2v) is 6.43. The lowest BCUT2D eigenvalue weighted by Gasteiger charge is -2.04. The van der Waals surface area contributed by atoms with Gasteiger partial charge in [-0.2, -0.15) is 0 Å². The van der Waals surface area contributed by atoms with Gasteiger partial charge in [-0.15, -0.1) is 16.8 Å². The van der Waals surface area contributed by atoms with Crippen LogP contribution < -0.4 is 10.6 Å². The van der Waals surface area contributed by atoms with Crippen LogP contribution in [0.4, 0.5) is 9.52 Å². The molecule has 0 saturated carbocycles. The Labute approximate surface area is 136 Å². The van der Waals surface area contributed by atoms with E-state index in [2.05, 4.69) is 27.4 Å². The molecule has 0 unspecified atom stereocenters. The van der Waals surface area contributed by atoms with Gasteiger partial charge >= 0.3 is 0 Å². The van der Waals surface area contributed by atoms with Crippen molar-refractivity contribution in [3.05, 3.63) is 48.3 Å². The number of carbonyl (C=O) groups is 1. The van der Waals surface area contributed by atoms with Crippen molar-refractivity contribution < 1.29 is 9.18 Å². The van der Waals surface area contributed by atoms with Crippen molar-refractivity contribution in [3.63, 3.8) is 0 Å². The summed E-state index contributed by atoms with van der Waals surface area (Å²) in [6.45, 7) is 4.61. The molecule has 1 heterocycles. The molecule has 116 valence electrons. The van der Waals surface area contributed by atoms with Crippen LogP contribution >= 0.6 is 23.1 Å². The number of nitrogens with one attached hydrogen (secondary N) is 2. The second kappa shape index (κ2) is 8.50. The van der Waals surface area contributed by atoms with Gasteiger partial charge in [0, 0.05) is 13.1 Å². The van der Waals surface area contributed by atoms with E-state index in [1.807, 2.05) is 0 Å². The lowest BCUT2D eigenvalue weighted by molar-refractivity contribution is -0.118. The lowest BCUT2D eigenvalue weighted by Crippen LogP contribution is -2.24. The van der Waals surface area contributed by atoms with Crippen LogP contribution in [-0.4, -0.2) is 28.4 Å². The molecule has 22 heavy (non-hydrogen) atoms. The molecule has 5 nitrogen and oxygen atoms in total. The van der Waals surface area contributed by atoms with E-state index in [1.54, 1.807) is 18.2 Å². The van der Waals surface area contributed by atoms with Gasteiger partial charge < -0.3 is 10.6 Å². The van der Waals surface area contributed by atoms with Crippen LogP contribution in [-0.2, 0) is 11.3 Å². The third kappa shape index (κ3) is 5.45. The van der Waals surface area contributed by atoms with Gasteiger partial charge in [-0.05, 0) is 17.7 Å². The Morgan fingerprint density at radius 1 is 1.36 bits per heavy atom. The number of anilines is 1. The highest BCUT2D eigenvalue weighted by Crippen LogP contribution is 2.25. The first-order valence-electron chi connectivity index (χ1n) is 6.49. The number of hydrogen-bond donors (Lipinski definition) is 2. The zero-order chi connectivity index (χ0) is 15.8. The molecule has 1 aromatic carbocycles. The third-order valence-electron chi connectivity index (χ3n) is 2.53. The van der Waals surface area contributed by atoms with Crippen LogP contribution in [0.3, 0.4) is 0 Å². The predicted molar refractivity (Wildman–Crippen MR) is 87.6 cm³/mol. The Balaban J connectivity index is 1.72. The number of halogens is 1. The number of rotatable bonds is 8. The summed E-state index contributed by atoms with van der Waals surface area (Å²) in [7, 11) is 0. The van der Waals surface area contributed by atoms with Crippen LogP contribution in [0.1, 0.15) is 5.56 Å². The van der Waals surface area contributed by atoms with E-state index in [0.717, 1.165) is 9.90 Å². The quantitative estimate of drug-likeness (QED) is 0.572. The van der Waals surface area contributed by atoms with Crippen LogP contribution in [0.2, 0.25) is 0 Å². The Morgan fingerprint density at radius 2 is 2.14 bits per heavy atom. The molecule has 1 amide bonds. The van der Waals surface area contributed by atoms with Gasteiger partial charge in [-0.1, -0.05) is 41.3 Å². The monoisotopic (exact) mass is 338 g/mol. The average Bonchev–Trinajstić information content (AvgIpc) is 2.98. The van der Waals surface area contributed by atoms with E-state index in [0.29, 0.717) is 18.2 Å². The average molecular weight is 338 g/mol. The van der Waals surface area contributed by atoms with Crippen molar-refractivity contribution in [2.75, 3.05) is 17.6 Å². The topological polar surface area (TPSA) is 66.9 Å². The summed E-state index contributed by atoms with van der Waals surface area (Å²) in [5.41, 5.74) is 0.853. The number of aromatic nitrogens is 2. The molecule has 0 bridgehead atoms. The number of amides is 1. The fourth-order valence-electron chi connectivity index (χ4n) is 1.48. The molecule has 0 saturated heterocycles. The number of hydrogen-bond acceptors (Lipinski definition) is 6. The summed E-state index contributed by atoms with van der Waals surface area (Å²) in [5.74, 6) is -0.134. The molecule has 0 radical (unpaired) electrons. The van der Waals surface area contributed by atoms with Crippen LogP contribution in [0.15, 0.2) is 41.3 Å². The summed E-state index contributed by atoms with van der Waals surface area (Å²) in [6, 6.07) is 6.03. The van der Waals surface area contributed by atoms with E-state index < -0.39 is 0 Å². The minimum absolute atomic E-state index is 0.106. The first-order valence-corrected chi connectivity index (χ1v) is 8.30. The van der Waals surface area contributed by atoms with Gasteiger partial charge in [-0.25, -0.2) is 4.39 Å². The summed E-state index contributed by atoms with van der Waals surface area (Å²) in [5, 5.41) is 14.5. The van der Waals surface area contributed by atoms with E-state index in [-0.39, 0.29) is 17.5 Å². The van der Waals surface area contributed by atoms with Crippen LogP contribution in [0.25, 0.3) is 0 Å². The van der Waals surface area contributed by atoms with Crippen molar-refractivity contribution in [2.24, 2.45) is 0 Å². The second-order valence-electron chi connectivity index (χ2n) is 4.23. The minimum Gasteiger partial charge on any atom is -0.357 e. The molecule has 0 atom stereocenters. The van der Waals surface area contributed by atoms with Crippen molar-refractivity contribution in [3.8, 4) is 0 Å². The van der Waals surface area contributed by atoms with E-state index in [4.69, 9.17) is 0 Å². The number of nitrogens with zero attached hydrogens (tertiary/aromatic N) is 2. The lowest BCUT2D eigenvalue weighted by atomic mass is 10.2. The summed E-state index contributed by atoms with van der Waals surface area (Å²) in [6.07, 6.45) is 1.73. The maximum atomic E-state index is 12.8. The van der Waals surface area contributed by atoms with Crippen molar-refractivity contribution in [1.82, 2.24) is 15.5 Å². The van der Waals surface area contributed by atoms with E-state index >= 15 is 0 Å². The first kappa shape index (κ1) is 16.4. The molecular weight excluding hydrogens is 323 g/mol. The van der Waals surface area contributed by atoms with Crippen molar-refractivity contribution in [1.29, 1.82) is 0 Å². The molecule has 0 spiro atoms. The van der Waals surface area contributed by atoms with Gasteiger partial charge in [0.25, 0.3) is 0 Å². The van der Waals surface area contributed by atoms with Gasteiger partial charge in [0.1, 0.15) is 5.82 Å². The molecule has 2 rings (SSSR count). The first-order chi connectivity index (χ1) is 10.7. The molecule has 0 aliphatic carbocycles. The predicted octanol–water partition coefficient (Wildman–Crippen LogP) is 2.68. The van der Waals surface area contributed by atoms with Crippen LogP contribution in [0, 0.1) is 5.82 Å². The maximum absolute atomic E-state index is 12.8. The Hall–Kier alpha value is -1.93. The summed E-state index contributed by atoms with van der Waals surface area (Å²) >= 11 is 2.72. The zero-order valence-corrected chi connectivity index (χ0v) is 13.3. The molecule has 0 aliphatic rings. The fourth-order valence-corrected chi connectivity index (χ4v) is 3.07. The molecular formula is C14H15FN4OS2. The highest BCUT2D eigenvalue weighted by Gasteiger charge is 2.07. The molecule has 0 fully saturated rings. The smallest absolute Gasteiger partial charge is 0.230 e. The molecule has 8 heteroatoms. The molecule has 2 N–H and O–H groups in total. The Kier molecular flexibility index (Phi) is 6.35. The maximum Gasteiger partial charge on any atom is 0.230 e. The normalized spacial score (nSPS) is 10.2. The third-order valence-corrected chi connectivity index (χ3v) is 4.55. The van der Waals surface area contributed by atoms with E-state index in [9.17, 15) is 9.18 Å². The zero-order valence-electron chi connectivity index (χ0n) is 11.7. The van der Waals surface area contributed by atoms with Gasteiger partial charge in [0.05, 0.1) is 5.75 Å². The number of carbonyl (C=O) groups excluding carboxylic acids is 1. The van der Waals surface area contributed by atoms with Crippen molar-refractivity contribution >= 4 is 34.1 Å².